The number of H-pyrrole nitrogens is 1. The smallest absolute Gasteiger partial charge is 0.308 e. The molecule has 5 nitrogen and oxygen atoms in total. The van der Waals surface area contributed by atoms with Crippen molar-refractivity contribution in [1.82, 2.24) is 15.2 Å². The van der Waals surface area contributed by atoms with Crippen LogP contribution in [0.1, 0.15) is 12.5 Å². The number of benzene rings is 1. The van der Waals surface area contributed by atoms with Crippen molar-refractivity contribution in [3.63, 3.8) is 0 Å². The van der Waals surface area contributed by atoms with E-state index in [0.29, 0.717) is 5.75 Å². The number of ether oxygens (including phenoxy) is 1. The Kier molecular flexibility index (Phi) is 2.95. The number of nitrogens with zero attached hydrogens (tertiary/aromatic N) is 2. The zero-order chi connectivity index (χ0) is 14.1. The number of rotatable bonds is 2. The molecule has 0 radical (unpaired) electrons. The van der Waals surface area contributed by atoms with Crippen LogP contribution in [0.25, 0.3) is 22.2 Å². The average Bonchev–Trinajstić information content (AvgIpc) is 2.86. The third-order valence-corrected chi connectivity index (χ3v) is 2.98. The predicted octanol–water partition coefficient (Wildman–Crippen LogP) is 2.86. The average molecular weight is 267 g/mol. The topological polar surface area (TPSA) is 67.9 Å². The molecule has 0 fully saturated rings. The van der Waals surface area contributed by atoms with Crippen LogP contribution in [0.3, 0.4) is 0 Å². The van der Waals surface area contributed by atoms with Crippen molar-refractivity contribution in [2.24, 2.45) is 0 Å². The van der Waals surface area contributed by atoms with E-state index in [2.05, 4.69) is 15.2 Å². The van der Waals surface area contributed by atoms with Gasteiger partial charge in [-0.15, -0.1) is 0 Å². The Bertz CT molecular complexity index is 775. The highest BCUT2D eigenvalue weighted by Gasteiger charge is 2.11. The molecule has 0 saturated carbocycles. The molecule has 0 amide bonds. The van der Waals surface area contributed by atoms with Gasteiger partial charge in [0.05, 0.1) is 17.4 Å². The summed E-state index contributed by atoms with van der Waals surface area (Å²) in [7, 11) is 0. The van der Waals surface area contributed by atoms with E-state index in [1.54, 1.807) is 24.5 Å². The van der Waals surface area contributed by atoms with Crippen molar-refractivity contribution >= 4 is 16.9 Å². The normalized spacial score (nSPS) is 10.7. The van der Waals surface area contributed by atoms with Gasteiger partial charge in [-0.25, -0.2) is 0 Å². The number of carbonyl (C=O) groups is 1. The zero-order valence-corrected chi connectivity index (χ0v) is 11.2. The van der Waals surface area contributed by atoms with Gasteiger partial charge in [0.1, 0.15) is 5.75 Å². The molecule has 0 aliphatic heterocycles. The monoisotopic (exact) mass is 267 g/mol. The van der Waals surface area contributed by atoms with Crippen LogP contribution in [-0.4, -0.2) is 21.2 Å². The number of hydrogen-bond acceptors (Lipinski definition) is 4. The number of nitrogens with one attached hydrogen (secondary N) is 1. The second-order valence-electron chi connectivity index (χ2n) is 4.62. The maximum absolute atomic E-state index is 11.1. The summed E-state index contributed by atoms with van der Waals surface area (Å²) < 4.78 is 5.16. The number of aromatic nitrogens is 3. The minimum atomic E-state index is -0.355. The van der Waals surface area contributed by atoms with E-state index in [-0.39, 0.29) is 5.97 Å². The van der Waals surface area contributed by atoms with Crippen molar-refractivity contribution in [1.29, 1.82) is 0 Å². The Morgan fingerprint density at radius 3 is 2.80 bits per heavy atom. The Morgan fingerprint density at radius 2 is 2.10 bits per heavy atom. The summed E-state index contributed by atoms with van der Waals surface area (Å²) in [5.74, 6) is 0.123. The van der Waals surface area contributed by atoms with Crippen LogP contribution in [0.4, 0.5) is 0 Å². The molecule has 2 heterocycles. The molecule has 2 aromatic heterocycles. The highest BCUT2D eigenvalue weighted by atomic mass is 16.5. The number of fused-ring (bicyclic) bond motifs is 1. The number of aryl methyl sites for hydroxylation is 1. The fraction of sp³-hybridized carbons (Fsp3) is 0.133. The molecule has 5 heteroatoms. The highest BCUT2D eigenvalue weighted by Crippen LogP contribution is 2.31. The lowest BCUT2D eigenvalue weighted by Crippen LogP contribution is -2.01. The molecule has 0 aliphatic rings. The molecule has 100 valence electrons. The van der Waals surface area contributed by atoms with Crippen molar-refractivity contribution in [3.05, 3.63) is 42.2 Å². The maximum Gasteiger partial charge on any atom is 0.308 e. The standard InChI is InChI=1S/C15H13N3O2/c1-9-3-4-14(16-7-9)12-5-11(20-10(2)19)6-15-13(12)8-17-18-15/h3-8H,1-2H3,(H,17,18). The largest absolute Gasteiger partial charge is 0.427 e. The third-order valence-electron chi connectivity index (χ3n) is 2.98. The fourth-order valence-corrected chi connectivity index (χ4v) is 2.09. The van der Waals surface area contributed by atoms with Crippen molar-refractivity contribution in [3.8, 4) is 17.0 Å². The number of hydrogen-bond donors (Lipinski definition) is 1. The van der Waals surface area contributed by atoms with Crippen LogP contribution in [-0.2, 0) is 4.79 Å². The third kappa shape index (κ3) is 2.25. The van der Waals surface area contributed by atoms with E-state index < -0.39 is 0 Å². The molecular weight excluding hydrogens is 254 g/mol. The quantitative estimate of drug-likeness (QED) is 0.572. The molecule has 0 atom stereocenters. The zero-order valence-electron chi connectivity index (χ0n) is 11.2. The first-order chi connectivity index (χ1) is 9.63. The molecule has 0 saturated heterocycles. The molecule has 20 heavy (non-hydrogen) atoms. The highest BCUT2D eigenvalue weighted by molar-refractivity contribution is 5.95. The minimum Gasteiger partial charge on any atom is -0.427 e. The van der Waals surface area contributed by atoms with E-state index >= 15 is 0 Å². The number of aromatic amines is 1. The fourth-order valence-electron chi connectivity index (χ4n) is 2.09. The second-order valence-corrected chi connectivity index (χ2v) is 4.62. The van der Waals surface area contributed by atoms with Crippen LogP contribution in [0.15, 0.2) is 36.7 Å². The van der Waals surface area contributed by atoms with Crippen molar-refractivity contribution in [2.75, 3.05) is 0 Å². The van der Waals surface area contributed by atoms with Crippen LogP contribution in [0.2, 0.25) is 0 Å². The SMILES string of the molecule is CC(=O)Oc1cc(-c2ccc(C)cn2)c2cn[nH]c2c1. The summed E-state index contributed by atoms with van der Waals surface area (Å²) >= 11 is 0. The first kappa shape index (κ1) is 12.3. The Labute approximate surface area is 115 Å². The first-order valence-electron chi connectivity index (χ1n) is 6.22. The molecular formula is C15H13N3O2. The number of carbonyl (C=O) groups excluding carboxylic acids is 1. The minimum absolute atomic E-state index is 0.355. The molecule has 3 aromatic rings. The molecule has 1 N–H and O–H groups in total. The summed E-state index contributed by atoms with van der Waals surface area (Å²) in [4.78, 5) is 15.5. The summed E-state index contributed by atoms with van der Waals surface area (Å²) in [5.41, 5.74) is 3.60. The number of pyridine rings is 1. The van der Waals surface area contributed by atoms with E-state index in [9.17, 15) is 4.79 Å². The summed E-state index contributed by atoms with van der Waals surface area (Å²) in [6, 6.07) is 7.49. The molecule has 3 rings (SSSR count). The lowest BCUT2D eigenvalue weighted by Gasteiger charge is -2.07. The lowest BCUT2D eigenvalue weighted by atomic mass is 10.1. The van der Waals surface area contributed by atoms with Crippen molar-refractivity contribution < 1.29 is 9.53 Å². The van der Waals surface area contributed by atoms with E-state index in [1.807, 2.05) is 19.1 Å². The van der Waals surface area contributed by atoms with E-state index in [0.717, 1.165) is 27.7 Å². The van der Waals surface area contributed by atoms with Crippen LogP contribution in [0.5, 0.6) is 5.75 Å². The lowest BCUT2D eigenvalue weighted by molar-refractivity contribution is -0.131. The van der Waals surface area contributed by atoms with Gasteiger partial charge in [0.2, 0.25) is 0 Å². The Balaban J connectivity index is 2.19. The summed E-state index contributed by atoms with van der Waals surface area (Å²) in [6.45, 7) is 3.36. The first-order valence-corrected chi connectivity index (χ1v) is 6.22. The van der Waals surface area contributed by atoms with Crippen LogP contribution >= 0.6 is 0 Å². The molecule has 1 aromatic carbocycles. The van der Waals surface area contributed by atoms with E-state index in [4.69, 9.17) is 4.74 Å². The van der Waals surface area contributed by atoms with Crippen LogP contribution < -0.4 is 4.74 Å². The Morgan fingerprint density at radius 1 is 1.25 bits per heavy atom. The predicted molar refractivity (Wildman–Crippen MR) is 75.4 cm³/mol. The van der Waals surface area contributed by atoms with Gasteiger partial charge in [0.15, 0.2) is 0 Å². The summed E-state index contributed by atoms with van der Waals surface area (Å²) in [5, 5.41) is 7.86. The molecule has 0 spiro atoms. The Hall–Kier alpha value is -2.69. The second kappa shape index (κ2) is 4.77. The summed E-state index contributed by atoms with van der Waals surface area (Å²) in [6.07, 6.45) is 3.55. The molecule has 0 unspecified atom stereocenters. The van der Waals surface area contributed by atoms with Gasteiger partial charge in [-0.1, -0.05) is 6.07 Å². The maximum atomic E-state index is 11.1. The van der Waals surface area contributed by atoms with Gasteiger partial charge < -0.3 is 4.74 Å². The molecule has 0 aliphatic carbocycles. The van der Waals surface area contributed by atoms with Crippen LogP contribution in [0, 0.1) is 6.92 Å². The van der Waals surface area contributed by atoms with Gasteiger partial charge in [-0.05, 0) is 24.6 Å². The van der Waals surface area contributed by atoms with Gasteiger partial charge >= 0.3 is 5.97 Å². The number of esters is 1. The van der Waals surface area contributed by atoms with E-state index in [1.165, 1.54) is 6.92 Å². The van der Waals surface area contributed by atoms with Crippen molar-refractivity contribution in [2.45, 2.75) is 13.8 Å². The van der Waals surface area contributed by atoms with Gasteiger partial charge in [-0.3, -0.25) is 14.9 Å². The molecule has 0 bridgehead atoms. The van der Waals surface area contributed by atoms with Gasteiger partial charge in [0, 0.05) is 30.1 Å². The van der Waals surface area contributed by atoms with Gasteiger partial charge in [0.25, 0.3) is 0 Å². The van der Waals surface area contributed by atoms with Gasteiger partial charge in [-0.2, -0.15) is 5.10 Å².